The second kappa shape index (κ2) is 10.9. The van der Waals surface area contributed by atoms with Gasteiger partial charge < -0.3 is 4.90 Å². The zero-order valence-corrected chi connectivity index (χ0v) is 20.5. The van der Waals surface area contributed by atoms with Crippen LogP contribution >= 0.6 is 0 Å². The van der Waals surface area contributed by atoms with Crippen LogP contribution in [0.15, 0.2) is 115 Å². The standard InChI is InChI=1S/C33H33N/c1-5-20-34(4)26(3)33(24-29-19-13-12-14-25(29)2)32-22-30(27-15-8-6-9-16-27)21-31(23-32)28-17-10-7-11-18-28/h6-19,21-24H,3,5,20H2,1-2,4H3/b33-24+. The molecular weight excluding hydrogens is 410 g/mol. The van der Waals surface area contributed by atoms with E-state index in [1.54, 1.807) is 0 Å². The lowest BCUT2D eigenvalue weighted by atomic mass is 9.91. The first-order chi connectivity index (χ1) is 16.6. The Balaban J connectivity index is 1.94. The van der Waals surface area contributed by atoms with Crippen LogP contribution in [0.5, 0.6) is 0 Å². The molecule has 4 aromatic rings. The van der Waals surface area contributed by atoms with Gasteiger partial charge in [0, 0.05) is 24.9 Å². The Bertz CT molecular complexity index is 1220. The smallest absolute Gasteiger partial charge is 0.0370 e. The summed E-state index contributed by atoms with van der Waals surface area (Å²) in [7, 11) is 2.14. The zero-order valence-electron chi connectivity index (χ0n) is 20.5. The molecule has 0 N–H and O–H groups in total. The summed E-state index contributed by atoms with van der Waals surface area (Å²) in [4.78, 5) is 2.27. The molecule has 1 heteroatoms. The monoisotopic (exact) mass is 443 g/mol. The van der Waals surface area contributed by atoms with Gasteiger partial charge in [-0.3, -0.25) is 0 Å². The highest BCUT2D eigenvalue weighted by atomic mass is 15.1. The molecule has 0 atom stereocenters. The summed E-state index contributed by atoms with van der Waals surface area (Å²) >= 11 is 0. The molecule has 0 aliphatic carbocycles. The molecule has 0 aliphatic rings. The van der Waals surface area contributed by atoms with Crippen LogP contribution in [-0.2, 0) is 0 Å². The van der Waals surface area contributed by atoms with Crippen molar-refractivity contribution in [3.05, 3.63) is 132 Å². The second-order valence-corrected chi connectivity index (χ2v) is 8.81. The summed E-state index contributed by atoms with van der Waals surface area (Å²) in [6.07, 6.45) is 3.37. The highest BCUT2D eigenvalue weighted by molar-refractivity contribution is 5.93. The van der Waals surface area contributed by atoms with Crippen molar-refractivity contribution in [2.45, 2.75) is 20.3 Å². The normalized spacial score (nSPS) is 11.3. The summed E-state index contributed by atoms with van der Waals surface area (Å²) in [6.45, 7) is 9.88. The summed E-state index contributed by atoms with van der Waals surface area (Å²) < 4.78 is 0. The maximum atomic E-state index is 4.54. The lowest BCUT2D eigenvalue weighted by Crippen LogP contribution is -2.18. The zero-order chi connectivity index (χ0) is 23.9. The minimum atomic E-state index is 0.966. The van der Waals surface area contributed by atoms with E-state index in [4.69, 9.17) is 0 Å². The maximum absolute atomic E-state index is 4.54. The first-order valence-corrected chi connectivity index (χ1v) is 12.0. The number of likely N-dealkylation sites (N-methyl/N-ethyl adjacent to an activating group) is 1. The molecule has 0 amide bonds. The molecule has 0 heterocycles. The lowest BCUT2D eigenvalue weighted by molar-refractivity contribution is 0.435. The highest BCUT2D eigenvalue weighted by Crippen LogP contribution is 2.35. The third-order valence-corrected chi connectivity index (χ3v) is 6.28. The summed E-state index contributed by atoms with van der Waals surface area (Å²) in [5.74, 6) is 0. The van der Waals surface area contributed by atoms with Crippen LogP contribution < -0.4 is 0 Å². The molecule has 0 radical (unpaired) electrons. The van der Waals surface area contributed by atoms with E-state index in [9.17, 15) is 0 Å². The minimum Gasteiger partial charge on any atom is -0.375 e. The average molecular weight is 444 g/mol. The SMILES string of the molecule is C=C(/C(=C\c1ccccc1C)c1cc(-c2ccccc2)cc(-c2ccccc2)c1)N(C)CCC. The Morgan fingerprint density at radius 1 is 0.735 bits per heavy atom. The van der Waals surface area contributed by atoms with Crippen LogP contribution in [0.1, 0.15) is 30.0 Å². The van der Waals surface area contributed by atoms with Crippen molar-refractivity contribution < 1.29 is 0 Å². The molecule has 0 fully saturated rings. The molecule has 1 nitrogen and oxygen atoms in total. The van der Waals surface area contributed by atoms with Gasteiger partial charge in [0.05, 0.1) is 0 Å². The van der Waals surface area contributed by atoms with Crippen molar-refractivity contribution in [1.82, 2.24) is 4.90 Å². The quantitative estimate of drug-likeness (QED) is 0.194. The third kappa shape index (κ3) is 5.38. The molecule has 0 aliphatic heterocycles. The van der Waals surface area contributed by atoms with Crippen LogP contribution in [0.3, 0.4) is 0 Å². The molecule has 0 bridgehead atoms. The maximum Gasteiger partial charge on any atom is 0.0370 e. The predicted molar refractivity (Wildman–Crippen MR) is 148 cm³/mol. The van der Waals surface area contributed by atoms with Crippen molar-refractivity contribution in [1.29, 1.82) is 0 Å². The van der Waals surface area contributed by atoms with Crippen LogP contribution in [0, 0.1) is 6.92 Å². The molecule has 0 aromatic heterocycles. The number of allylic oxidation sites excluding steroid dienone is 1. The average Bonchev–Trinajstić information content (AvgIpc) is 2.89. The number of rotatable bonds is 8. The molecule has 4 aromatic carbocycles. The number of benzene rings is 4. The first-order valence-electron chi connectivity index (χ1n) is 12.0. The fraction of sp³-hybridized carbons (Fsp3) is 0.152. The number of nitrogens with zero attached hydrogens (tertiary/aromatic N) is 1. The van der Waals surface area contributed by atoms with Gasteiger partial charge in [-0.25, -0.2) is 0 Å². The van der Waals surface area contributed by atoms with E-state index >= 15 is 0 Å². The van der Waals surface area contributed by atoms with Gasteiger partial charge in [-0.1, -0.05) is 98.4 Å². The van der Waals surface area contributed by atoms with Crippen molar-refractivity contribution in [3.63, 3.8) is 0 Å². The van der Waals surface area contributed by atoms with E-state index in [2.05, 4.69) is 142 Å². The van der Waals surface area contributed by atoms with E-state index < -0.39 is 0 Å². The fourth-order valence-corrected chi connectivity index (χ4v) is 4.29. The number of hydrogen-bond donors (Lipinski definition) is 0. The predicted octanol–water partition coefficient (Wildman–Crippen LogP) is 8.73. The van der Waals surface area contributed by atoms with Gasteiger partial charge in [-0.15, -0.1) is 0 Å². The van der Waals surface area contributed by atoms with Gasteiger partial charge in [-0.2, -0.15) is 0 Å². The highest BCUT2D eigenvalue weighted by Gasteiger charge is 2.14. The molecular formula is C33H33N. The van der Waals surface area contributed by atoms with E-state index in [1.807, 2.05) is 0 Å². The minimum absolute atomic E-state index is 0.966. The van der Waals surface area contributed by atoms with Crippen molar-refractivity contribution in [2.24, 2.45) is 0 Å². The van der Waals surface area contributed by atoms with E-state index in [0.29, 0.717) is 0 Å². The van der Waals surface area contributed by atoms with Crippen molar-refractivity contribution in [2.75, 3.05) is 13.6 Å². The second-order valence-electron chi connectivity index (χ2n) is 8.81. The largest absolute Gasteiger partial charge is 0.375 e. The molecule has 0 saturated heterocycles. The summed E-state index contributed by atoms with van der Waals surface area (Å²) in [5, 5.41) is 0. The molecule has 4 rings (SSSR count). The van der Waals surface area contributed by atoms with Gasteiger partial charge in [0.25, 0.3) is 0 Å². The Morgan fingerprint density at radius 3 is 1.79 bits per heavy atom. The topological polar surface area (TPSA) is 3.24 Å². The van der Waals surface area contributed by atoms with Gasteiger partial charge >= 0.3 is 0 Å². The first kappa shape index (κ1) is 23.3. The Labute approximate surface area is 204 Å². The van der Waals surface area contributed by atoms with Gasteiger partial charge in [0.1, 0.15) is 0 Å². The number of hydrogen-bond acceptors (Lipinski definition) is 1. The summed E-state index contributed by atoms with van der Waals surface area (Å²) in [6, 6.07) is 36.7. The van der Waals surface area contributed by atoms with Crippen LogP contribution in [0.4, 0.5) is 0 Å². The molecule has 0 spiro atoms. The van der Waals surface area contributed by atoms with Gasteiger partial charge in [-0.05, 0) is 76.6 Å². The molecule has 0 saturated carbocycles. The van der Waals surface area contributed by atoms with Gasteiger partial charge in [0.2, 0.25) is 0 Å². The van der Waals surface area contributed by atoms with Crippen molar-refractivity contribution >= 4 is 11.6 Å². The Hall–Kier alpha value is -3.84. The van der Waals surface area contributed by atoms with Crippen LogP contribution in [0.2, 0.25) is 0 Å². The lowest BCUT2D eigenvalue weighted by Gasteiger charge is -2.25. The third-order valence-electron chi connectivity index (χ3n) is 6.28. The Morgan fingerprint density at radius 2 is 1.26 bits per heavy atom. The summed E-state index contributed by atoms with van der Waals surface area (Å²) in [5.41, 5.74) is 10.7. The fourth-order valence-electron chi connectivity index (χ4n) is 4.29. The van der Waals surface area contributed by atoms with E-state index in [0.717, 1.165) is 24.2 Å². The number of aryl methyl sites for hydroxylation is 1. The van der Waals surface area contributed by atoms with Crippen LogP contribution in [-0.4, -0.2) is 18.5 Å². The van der Waals surface area contributed by atoms with Crippen LogP contribution in [0.25, 0.3) is 33.9 Å². The Kier molecular flexibility index (Phi) is 7.44. The molecule has 170 valence electrons. The van der Waals surface area contributed by atoms with E-state index in [1.165, 1.54) is 38.9 Å². The molecule has 34 heavy (non-hydrogen) atoms. The van der Waals surface area contributed by atoms with Gasteiger partial charge in [0.15, 0.2) is 0 Å². The van der Waals surface area contributed by atoms with Crippen molar-refractivity contribution in [3.8, 4) is 22.3 Å². The molecule has 0 unspecified atom stereocenters. The van der Waals surface area contributed by atoms with E-state index in [-0.39, 0.29) is 0 Å².